The maximum Gasteiger partial charge on any atom is 0.237 e. The SMILES string of the molecule is CC(NC(=O)[C@@H](N)C(C)(C)C)c1cc(F)c(Cl)cc1Cl. The summed E-state index contributed by atoms with van der Waals surface area (Å²) in [7, 11) is 0. The molecule has 1 aromatic rings. The van der Waals surface area contributed by atoms with Crippen LogP contribution in [0.2, 0.25) is 10.0 Å². The smallest absolute Gasteiger partial charge is 0.237 e. The van der Waals surface area contributed by atoms with Crippen LogP contribution in [0.1, 0.15) is 39.3 Å². The van der Waals surface area contributed by atoms with E-state index in [1.807, 2.05) is 20.8 Å². The van der Waals surface area contributed by atoms with Crippen molar-refractivity contribution in [3.63, 3.8) is 0 Å². The van der Waals surface area contributed by atoms with Crippen molar-refractivity contribution in [3.8, 4) is 0 Å². The first kappa shape index (κ1) is 17.2. The van der Waals surface area contributed by atoms with E-state index in [-0.39, 0.29) is 16.3 Å². The monoisotopic (exact) mass is 320 g/mol. The normalized spacial score (nSPS) is 14.8. The van der Waals surface area contributed by atoms with Crippen LogP contribution in [-0.2, 0) is 4.79 Å². The van der Waals surface area contributed by atoms with Crippen LogP contribution in [0.3, 0.4) is 0 Å². The molecule has 0 aliphatic heterocycles. The van der Waals surface area contributed by atoms with Crippen molar-refractivity contribution >= 4 is 29.1 Å². The summed E-state index contributed by atoms with van der Waals surface area (Å²) in [5.41, 5.74) is 5.97. The molecule has 0 fully saturated rings. The van der Waals surface area contributed by atoms with Crippen LogP contribution < -0.4 is 11.1 Å². The summed E-state index contributed by atoms with van der Waals surface area (Å²) >= 11 is 11.7. The number of benzene rings is 1. The molecular weight excluding hydrogens is 302 g/mol. The third-order valence-corrected chi connectivity index (χ3v) is 3.70. The highest BCUT2D eigenvalue weighted by Crippen LogP contribution is 2.29. The Bertz CT molecular complexity index is 515. The minimum Gasteiger partial charge on any atom is -0.348 e. The second-order valence-electron chi connectivity index (χ2n) is 5.86. The molecule has 6 heteroatoms. The Morgan fingerprint density at radius 3 is 2.35 bits per heavy atom. The molecule has 1 unspecified atom stereocenters. The summed E-state index contributed by atoms with van der Waals surface area (Å²) in [6.07, 6.45) is 0. The lowest BCUT2D eigenvalue weighted by Crippen LogP contribution is -2.49. The molecule has 0 aliphatic rings. The van der Waals surface area contributed by atoms with E-state index in [4.69, 9.17) is 28.9 Å². The number of halogens is 3. The second-order valence-corrected chi connectivity index (χ2v) is 6.68. The standard InChI is InChI=1S/C14H19Cl2FN2O/c1-7(19-13(20)12(18)14(2,3)4)8-5-11(17)10(16)6-9(8)15/h5-7,12H,18H2,1-4H3,(H,19,20)/t7?,12-/m1/s1. The van der Waals surface area contributed by atoms with Gasteiger partial charge in [-0.3, -0.25) is 4.79 Å². The summed E-state index contributed by atoms with van der Waals surface area (Å²) in [5, 5.41) is 2.98. The molecule has 112 valence electrons. The van der Waals surface area contributed by atoms with Gasteiger partial charge >= 0.3 is 0 Å². The Morgan fingerprint density at radius 1 is 1.30 bits per heavy atom. The van der Waals surface area contributed by atoms with Gasteiger partial charge in [0, 0.05) is 5.02 Å². The average Bonchev–Trinajstić information content (AvgIpc) is 2.31. The van der Waals surface area contributed by atoms with E-state index in [9.17, 15) is 9.18 Å². The van der Waals surface area contributed by atoms with Crippen LogP contribution in [0.5, 0.6) is 0 Å². The summed E-state index contributed by atoms with van der Waals surface area (Å²) in [5.74, 6) is -0.885. The van der Waals surface area contributed by atoms with Gasteiger partial charge in [0.15, 0.2) is 0 Å². The van der Waals surface area contributed by atoms with Crippen molar-refractivity contribution in [2.45, 2.75) is 39.8 Å². The Balaban J connectivity index is 2.90. The fourth-order valence-electron chi connectivity index (χ4n) is 1.64. The van der Waals surface area contributed by atoms with E-state index < -0.39 is 17.9 Å². The number of hydrogen-bond acceptors (Lipinski definition) is 2. The van der Waals surface area contributed by atoms with Gasteiger partial charge < -0.3 is 11.1 Å². The van der Waals surface area contributed by atoms with Gasteiger partial charge in [0.1, 0.15) is 5.82 Å². The molecule has 0 bridgehead atoms. The molecule has 0 saturated carbocycles. The second kappa shape index (κ2) is 6.29. The summed E-state index contributed by atoms with van der Waals surface area (Å²) < 4.78 is 13.5. The molecule has 0 heterocycles. The van der Waals surface area contributed by atoms with Crippen LogP contribution >= 0.6 is 23.2 Å². The van der Waals surface area contributed by atoms with E-state index in [0.29, 0.717) is 10.6 Å². The lowest BCUT2D eigenvalue weighted by molar-refractivity contribution is -0.125. The fourth-order valence-corrected chi connectivity index (χ4v) is 2.19. The first-order valence-corrected chi connectivity index (χ1v) is 7.00. The quantitative estimate of drug-likeness (QED) is 0.834. The van der Waals surface area contributed by atoms with E-state index in [1.54, 1.807) is 6.92 Å². The molecule has 20 heavy (non-hydrogen) atoms. The molecule has 2 atom stereocenters. The van der Waals surface area contributed by atoms with Crippen molar-refractivity contribution in [2.75, 3.05) is 0 Å². The van der Waals surface area contributed by atoms with E-state index in [1.165, 1.54) is 12.1 Å². The number of nitrogens with two attached hydrogens (primary N) is 1. The van der Waals surface area contributed by atoms with Gasteiger partial charge in [-0.1, -0.05) is 44.0 Å². The van der Waals surface area contributed by atoms with E-state index >= 15 is 0 Å². The maximum atomic E-state index is 13.5. The number of nitrogens with one attached hydrogen (secondary N) is 1. The lowest BCUT2D eigenvalue weighted by Gasteiger charge is -2.27. The summed E-state index contributed by atoms with van der Waals surface area (Å²) in [6.45, 7) is 7.33. The number of hydrogen-bond donors (Lipinski definition) is 2. The van der Waals surface area contributed by atoms with Gasteiger partial charge in [0.2, 0.25) is 5.91 Å². The van der Waals surface area contributed by atoms with Crippen molar-refractivity contribution in [1.82, 2.24) is 5.32 Å². The molecule has 3 N–H and O–H groups in total. The highest BCUT2D eigenvalue weighted by molar-refractivity contribution is 6.35. The van der Waals surface area contributed by atoms with Gasteiger partial charge in [-0.2, -0.15) is 0 Å². The average molecular weight is 321 g/mol. The van der Waals surface area contributed by atoms with Crippen LogP contribution in [0.25, 0.3) is 0 Å². The highest BCUT2D eigenvalue weighted by atomic mass is 35.5. The molecular formula is C14H19Cl2FN2O. The van der Waals surface area contributed by atoms with Crippen LogP contribution in [0.4, 0.5) is 4.39 Å². The van der Waals surface area contributed by atoms with Gasteiger partial charge in [-0.15, -0.1) is 0 Å². The third kappa shape index (κ3) is 4.08. The summed E-state index contributed by atoms with van der Waals surface area (Å²) in [4.78, 5) is 12.0. The van der Waals surface area contributed by atoms with Gasteiger partial charge in [-0.05, 0) is 30.0 Å². The van der Waals surface area contributed by atoms with Crippen LogP contribution in [-0.4, -0.2) is 11.9 Å². The first-order valence-electron chi connectivity index (χ1n) is 6.24. The van der Waals surface area contributed by atoms with Gasteiger partial charge in [0.05, 0.1) is 17.1 Å². The topological polar surface area (TPSA) is 55.1 Å². The van der Waals surface area contributed by atoms with E-state index in [0.717, 1.165) is 0 Å². The zero-order valence-electron chi connectivity index (χ0n) is 11.9. The maximum absolute atomic E-state index is 13.5. The Hall–Kier alpha value is -0.840. The minimum absolute atomic E-state index is 0.0522. The van der Waals surface area contributed by atoms with Crippen LogP contribution in [0.15, 0.2) is 12.1 Å². The van der Waals surface area contributed by atoms with Crippen molar-refractivity contribution in [2.24, 2.45) is 11.1 Å². The predicted octanol–water partition coefficient (Wildman–Crippen LogP) is 3.68. The molecule has 3 nitrogen and oxygen atoms in total. The first-order chi connectivity index (χ1) is 9.04. The van der Waals surface area contributed by atoms with E-state index in [2.05, 4.69) is 5.32 Å². The molecule has 0 saturated heterocycles. The number of carbonyl (C=O) groups excluding carboxylic acids is 1. The third-order valence-electron chi connectivity index (χ3n) is 3.08. The van der Waals surface area contributed by atoms with Crippen LogP contribution in [0, 0.1) is 11.2 Å². The highest BCUT2D eigenvalue weighted by Gasteiger charge is 2.28. The van der Waals surface area contributed by atoms with Crippen molar-refractivity contribution < 1.29 is 9.18 Å². The molecule has 0 radical (unpaired) electrons. The Kier molecular flexibility index (Phi) is 5.41. The molecule has 1 aromatic carbocycles. The number of amides is 1. The van der Waals surface area contributed by atoms with Gasteiger partial charge in [-0.25, -0.2) is 4.39 Å². The minimum atomic E-state index is -0.666. The molecule has 1 rings (SSSR count). The largest absolute Gasteiger partial charge is 0.348 e. The van der Waals surface area contributed by atoms with Crippen molar-refractivity contribution in [3.05, 3.63) is 33.6 Å². The predicted molar refractivity (Wildman–Crippen MR) is 80.4 cm³/mol. The van der Waals surface area contributed by atoms with Crippen molar-refractivity contribution in [1.29, 1.82) is 0 Å². The molecule has 0 aliphatic carbocycles. The molecule has 0 spiro atoms. The summed E-state index contributed by atoms with van der Waals surface area (Å²) in [6, 6.07) is 1.41. The lowest BCUT2D eigenvalue weighted by atomic mass is 9.86. The fraction of sp³-hybridized carbons (Fsp3) is 0.500. The Labute approximate surface area is 128 Å². The zero-order chi connectivity index (χ0) is 15.7. The number of rotatable bonds is 3. The molecule has 0 aromatic heterocycles. The number of carbonyl (C=O) groups is 1. The van der Waals surface area contributed by atoms with Gasteiger partial charge in [0.25, 0.3) is 0 Å². The zero-order valence-corrected chi connectivity index (χ0v) is 13.4. The molecule has 1 amide bonds. The Morgan fingerprint density at radius 2 is 1.85 bits per heavy atom.